The molecule has 1 fully saturated rings. The maximum Gasteiger partial charge on any atom is 0.0666 e. The SMILES string of the molecule is c1ccn2nc(C3CCCCC3)cc2c1. The summed E-state index contributed by atoms with van der Waals surface area (Å²) in [6, 6.07) is 8.47. The molecule has 2 heteroatoms. The largest absolute Gasteiger partial charge is 0.241 e. The van der Waals surface area contributed by atoms with E-state index in [1.165, 1.54) is 43.3 Å². The second kappa shape index (κ2) is 3.69. The van der Waals surface area contributed by atoms with E-state index in [1.807, 2.05) is 16.8 Å². The summed E-state index contributed by atoms with van der Waals surface area (Å²) in [5, 5.41) is 4.65. The topological polar surface area (TPSA) is 17.3 Å². The van der Waals surface area contributed by atoms with Crippen LogP contribution >= 0.6 is 0 Å². The van der Waals surface area contributed by atoms with Crippen LogP contribution in [0.1, 0.15) is 43.7 Å². The van der Waals surface area contributed by atoms with E-state index in [2.05, 4.69) is 23.3 Å². The van der Waals surface area contributed by atoms with Gasteiger partial charge in [0, 0.05) is 12.1 Å². The summed E-state index contributed by atoms with van der Waals surface area (Å²) in [7, 11) is 0. The maximum atomic E-state index is 4.65. The van der Waals surface area contributed by atoms with Crippen molar-refractivity contribution in [3.05, 3.63) is 36.2 Å². The molecule has 0 N–H and O–H groups in total. The van der Waals surface area contributed by atoms with Crippen LogP contribution in [0.15, 0.2) is 30.5 Å². The first-order chi connectivity index (χ1) is 7.43. The molecule has 2 aromatic rings. The van der Waals surface area contributed by atoms with Gasteiger partial charge in [0.2, 0.25) is 0 Å². The lowest BCUT2D eigenvalue weighted by Crippen LogP contribution is -2.05. The van der Waals surface area contributed by atoms with Gasteiger partial charge in [-0.15, -0.1) is 0 Å². The molecule has 0 aromatic carbocycles. The summed E-state index contributed by atoms with van der Waals surface area (Å²) in [6.45, 7) is 0. The number of fused-ring (bicyclic) bond motifs is 1. The Kier molecular flexibility index (Phi) is 2.20. The van der Waals surface area contributed by atoms with Crippen molar-refractivity contribution in [1.29, 1.82) is 0 Å². The number of rotatable bonds is 1. The van der Waals surface area contributed by atoms with Crippen LogP contribution in [-0.2, 0) is 0 Å². The molecular weight excluding hydrogens is 184 g/mol. The Hall–Kier alpha value is -1.31. The van der Waals surface area contributed by atoms with Gasteiger partial charge in [-0.1, -0.05) is 25.3 Å². The van der Waals surface area contributed by atoms with Crippen molar-refractivity contribution in [1.82, 2.24) is 9.61 Å². The monoisotopic (exact) mass is 200 g/mol. The van der Waals surface area contributed by atoms with Gasteiger partial charge in [-0.05, 0) is 31.0 Å². The van der Waals surface area contributed by atoms with Gasteiger partial charge in [-0.2, -0.15) is 5.10 Å². The highest BCUT2D eigenvalue weighted by Gasteiger charge is 2.17. The average Bonchev–Trinajstić information content (AvgIpc) is 2.74. The average molecular weight is 200 g/mol. The summed E-state index contributed by atoms with van der Waals surface area (Å²) in [6.07, 6.45) is 8.83. The first kappa shape index (κ1) is 8.96. The molecule has 1 saturated carbocycles. The zero-order valence-corrected chi connectivity index (χ0v) is 8.89. The summed E-state index contributed by atoms with van der Waals surface area (Å²) >= 11 is 0. The van der Waals surface area contributed by atoms with E-state index in [0.717, 1.165) is 0 Å². The third-order valence-corrected chi connectivity index (χ3v) is 3.41. The zero-order chi connectivity index (χ0) is 10.1. The van der Waals surface area contributed by atoms with Crippen LogP contribution in [0.2, 0.25) is 0 Å². The quantitative estimate of drug-likeness (QED) is 0.689. The fourth-order valence-electron chi connectivity index (χ4n) is 2.56. The second-order valence-electron chi connectivity index (χ2n) is 4.47. The molecule has 15 heavy (non-hydrogen) atoms. The van der Waals surface area contributed by atoms with Crippen LogP contribution in [0.25, 0.3) is 5.52 Å². The van der Waals surface area contributed by atoms with Gasteiger partial charge in [0.15, 0.2) is 0 Å². The lowest BCUT2D eigenvalue weighted by atomic mass is 9.87. The van der Waals surface area contributed by atoms with Crippen molar-refractivity contribution >= 4 is 5.52 Å². The maximum absolute atomic E-state index is 4.65. The molecule has 78 valence electrons. The van der Waals surface area contributed by atoms with Gasteiger partial charge in [0.25, 0.3) is 0 Å². The summed E-state index contributed by atoms with van der Waals surface area (Å²) in [4.78, 5) is 0. The molecule has 0 spiro atoms. The molecule has 0 saturated heterocycles. The Bertz CT molecular complexity index is 419. The molecule has 2 heterocycles. The number of pyridine rings is 1. The lowest BCUT2D eigenvalue weighted by molar-refractivity contribution is 0.435. The Morgan fingerprint density at radius 2 is 2.00 bits per heavy atom. The van der Waals surface area contributed by atoms with Crippen molar-refractivity contribution in [2.45, 2.75) is 38.0 Å². The zero-order valence-electron chi connectivity index (χ0n) is 8.89. The van der Waals surface area contributed by atoms with Crippen molar-refractivity contribution in [3.8, 4) is 0 Å². The fraction of sp³-hybridized carbons (Fsp3) is 0.462. The standard InChI is InChI=1S/C13H16N2/c1-2-6-11(7-3-1)13-10-12-8-4-5-9-15(12)14-13/h4-5,8-11H,1-3,6-7H2. The molecular formula is C13H16N2. The van der Waals surface area contributed by atoms with E-state index >= 15 is 0 Å². The van der Waals surface area contributed by atoms with E-state index < -0.39 is 0 Å². The highest BCUT2D eigenvalue weighted by Crippen LogP contribution is 2.32. The van der Waals surface area contributed by atoms with Crippen LogP contribution in [0.5, 0.6) is 0 Å². The number of nitrogens with zero attached hydrogens (tertiary/aromatic N) is 2. The van der Waals surface area contributed by atoms with Crippen LogP contribution in [0.3, 0.4) is 0 Å². The van der Waals surface area contributed by atoms with Gasteiger partial charge in [-0.3, -0.25) is 0 Å². The normalized spacial score (nSPS) is 18.4. The Labute approximate surface area is 89.9 Å². The lowest BCUT2D eigenvalue weighted by Gasteiger charge is -2.19. The van der Waals surface area contributed by atoms with Crippen LogP contribution in [0, 0.1) is 0 Å². The van der Waals surface area contributed by atoms with Gasteiger partial charge in [0.05, 0.1) is 11.2 Å². The number of hydrogen-bond donors (Lipinski definition) is 0. The molecule has 0 aliphatic heterocycles. The van der Waals surface area contributed by atoms with E-state index in [4.69, 9.17) is 0 Å². The highest BCUT2D eigenvalue weighted by molar-refractivity contribution is 5.47. The third kappa shape index (κ3) is 1.65. The van der Waals surface area contributed by atoms with E-state index in [0.29, 0.717) is 5.92 Å². The number of hydrogen-bond acceptors (Lipinski definition) is 1. The van der Waals surface area contributed by atoms with E-state index in [1.54, 1.807) is 0 Å². The third-order valence-electron chi connectivity index (χ3n) is 3.41. The van der Waals surface area contributed by atoms with Gasteiger partial charge in [0.1, 0.15) is 0 Å². The smallest absolute Gasteiger partial charge is 0.0666 e. The second-order valence-corrected chi connectivity index (χ2v) is 4.47. The van der Waals surface area contributed by atoms with Gasteiger partial charge < -0.3 is 0 Å². The molecule has 0 radical (unpaired) electrons. The minimum Gasteiger partial charge on any atom is -0.241 e. The van der Waals surface area contributed by atoms with Crippen LogP contribution in [-0.4, -0.2) is 9.61 Å². The van der Waals surface area contributed by atoms with Gasteiger partial charge >= 0.3 is 0 Å². The molecule has 0 atom stereocenters. The predicted molar refractivity (Wildman–Crippen MR) is 61.0 cm³/mol. The minimum atomic E-state index is 0.707. The van der Waals surface area contributed by atoms with Crippen LogP contribution < -0.4 is 0 Å². The van der Waals surface area contributed by atoms with Gasteiger partial charge in [-0.25, -0.2) is 4.52 Å². The van der Waals surface area contributed by atoms with Crippen molar-refractivity contribution in [2.24, 2.45) is 0 Å². The Morgan fingerprint density at radius 1 is 1.13 bits per heavy atom. The van der Waals surface area contributed by atoms with E-state index in [9.17, 15) is 0 Å². The molecule has 1 aliphatic rings. The molecule has 1 aliphatic carbocycles. The Balaban J connectivity index is 1.96. The highest BCUT2D eigenvalue weighted by atomic mass is 15.2. The number of aromatic nitrogens is 2. The molecule has 0 unspecified atom stereocenters. The molecule has 0 bridgehead atoms. The fourth-order valence-corrected chi connectivity index (χ4v) is 2.56. The summed E-state index contributed by atoms with van der Waals surface area (Å²) in [5.41, 5.74) is 2.51. The molecule has 2 nitrogen and oxygen atoms in total. The predicted octanol–water partition coefficient (Wildman–Crippen LogP) is 3.38. The van der Waals surface area contributed by atoms with E-state index in [-0.39, 0.29) is 0 Å². The first-order valence-corrected chi connectivity index (χ1v) is 5.88. The Morgan fingerprint density at radius 3 is 2.80 bits per heavy atom. The molecule has 3 rings (SSSR count). The molecule has 0 amide bonds. The van der Waals surface area contributed by atoms with Crippen molar-refractivity contribution in [2.75, 3.05) is 0 Å². The van der Waals surface area contributed by atoms with Crippen molar-refractivity contribution < 1.29 is 0 Å². The first-order valence-electron chi connectivity index (χ1n) is 5.88. The summed E-state index contributed by atoms with van der Waals surface area (Å²) < 4.78 is 1.99. The summed E-state index contributed by atoms with van der Waals surface area (Å²) in [5.74, 6) is 0.707. The van der Waals surface area contributed by atoms with Crippen molar-refractivity contribution in [3.63, 3.8) is 0 Å². The molecule has 2 aromatic heterocycles. The minimum absolute atomic E-state index is 0.707. The van der Waals surface area contributed by atoms with Crippen LogP contribution in [0.4, 0.5) is 0 Å².